The molecule has 1 aliphatic rings. The van der Waals surface area contributed by atoms with E-state index in [1.807, 2.05) is 7.05 Å². The highest BCUT2D eigenvalue weighted by atomic mass is 127. The van der Waals surface area contributed by atoms with Crippen LogP contribution in [0.15, 0.2) is 35.3 Å². The molecule has 1 aliphatic heterocycles. The summed E-state index contributed by atoms with van der Waals surface area (Å²) in [4.78, 5) is 4.31. The fraction of sp³-hybridized carbons (Fsp3) is 0.611. The quantitative estimate of drug-likeness (QED) is 0.413. The molecule has 2 N–H and O–H groups in total. The molecule has 0 aromatic heterocycles. The van der Waals surface area contributed by atoms with E-state index in [0.29, 0.717) is 17.9 Å². The Kier molecular flexibility index (Phi) is 9.55. The van der Waals surface area contributed by atoms with E-state index < -0.39 is 0 Å². The topological polar surface area (TPSA) is 45.7 Å². The molecule has 1 heterocycles. The highest BCUT2D eigenvalue weighted by Crippen LogP contribution is 2.23. The molecule has 1 fully saturated rings. The van der Waals surface area contributed by atoms with Gasteiger partial charge in [-0.15, -0.1) is 24.0 Å². The van der Waals surface area contributed by atoms with Gasteiger partial charge in [-0.3, -0.25) is 4.99 Å². The van der Waals surface area contributed by atoms with E-state index in [9.17, 15) is 0 Å². The summed E-state index contributed by atoms with van der Waals surface area (Å²) in [6, 6.07) is 10.7. The van der Waals surface area contributed by atoms with Gasteiger partial charge >= 0.3 is 0 Å². The summed E-state index contributed by atoms with van der Waals surface area (Å²) in [5, 5.41) is 6.83. The van der Waals surface area contributed by atoms with Crippen LogP contribution in [0.2, 0.25) is 0 Å². The van der Waals surface area contributed by atoms with Crippen molar-refractivity contribution in [3.63, 3.8) is 0 Å². The normalized spacial score (nSPS) is 19.3. The van der Waals surface area contributed by atoms with E-state index in [0.717, 1.165) is 32.1 Å². The van der Waals surface area contributed by atoms with Crippen molar-refractivity contribution in [1.82, 2.24) is 10.6 Å². The minimum atomic E-state index is 0. The van der Waals surface area contributed by atoms with Crippen molar-refractivity contribution in [3.05, 3.63) is 35.9 Å². The van der Waals surface area contributed by atoms with E-state index in [-0.39, 0.29) is 24.0 Å². The lowest BCUT2D eigenvalue weighted by Gasteiger charge is -2.23. The predicted molar refractivity (Wildman–Crippen MR) is 108 cm³/mol. The van der Waals surface area contributed by atoms with Crippen LogP contribution in [-0.4, -0.2) is 38.8 Å². The van der Waals surface area contributed by atoms with Gasteiger partial charge in [0, 0.05) is 32.7 Å². The van der Waals surface area contributed by atoms with Crippen LogP contribution in [0.25, 0.3) is 0 Å². The molecule has 23 heavy (non-hydrogen) atoms. The molecule has 1 aromatic rings. The summed E-state index contributed by atoms with van der Waals surface area (Å²) in [6.07, 6.45) is 2.64. The smallest absolute Gasteiger partial charge is 0.191 e. The number of nitrogens with zero attached hydrogens (tertiary/aromatic N) is 1. The van der Waals surface area contributed by atoms with Crippen molar-refractivity contribution in [1.29, 1.82) is 0 Å². The Bertz CT molecular complexity index is 459. The van der Waals surface area contributed by atoms with Crippen LogP contribution >= 0.6 is 24.0 Å². The maximum absolute atomic E-state index is 5.64. The molecule has 0 radical (unpaired) electrons. The van der Waals surface area contributed by atoms with E-state index in [4.69, 9.17) is 4.74 Å². The van der Waals surface area contributed by atoms with Gasteiger partial charge in [0.25, 0.3) is 0 Å². The third kappa shape index (κ3) is 6.67. The monoisotopic (exact) mass is 431 g/mol. The molecule has 0 aliphatic carbocycles. The number of guanidine groups is 1. The first kappa shape index (κ1) is 20.2. The number of nitrogens with one attached hydrogen (secondary N) is 2. The largest absolute Gasteiger partial charge is 0.376 e. The van der Waals surface area contributed by atoms with Gasteiger partial charge < -0.3 is 15.4 Å². The van der Waals surface area contributed by atoms with Gasteiger partial charge in [0.15, 0.2) is 5.96 Å². The fourth-order valence-corrected chi connectivity index (χ4v) is 2.88. The number of ether oxygens (including phenoxy) is 1. The van der Waals surface area contributed by atoms with Crippen LogP contribution in [0.3, 0.4) is 0 Å². The number of halogens is 1. The number of rotatable bonds is 6. The zero-order valence-corrected chi connectivity index (χ0v) is 16.7. The fourth-order valence-electron chi connectivity index (χ4n) is 2.88. The third-order valence-electron chi connectivity index (χ3n) is 4.27. The summed E-state index contributed by atoms with van der Waals surface area (Å²) in [7, 11) is 1.82. The number of benzene rings is 1. The number of hydrogen-bond donors (Lipinski definition) is 2. The number of hydrogen-bond acceptors (Lipinski definition) is 2. The standard InChI is InChI=1S/C18H29N3O.HI/c1-14(2)17(15-8-5-4-6-9-15)13-21-18(19-3)20-12-16-10-7-11-22-16;/h4-6,8-9,14,16-17H,7,10-13H2,1-3H3,(H2,19,20,21);1H. The first-order valence-electron chi connectivity index (χ1n) is 8.31. The van der Waals surface area contributed by atoms with Gasteiger partial charge in [-0.1, -0.05) is 44.2 Å². The predicted octanol–water partition coefficient (Wildman–Crippen LogP) is 3.39. The third-order valence-corrected chi connectivity index (χ3v) is 4.27. The second kappa shape index (κ2) is 10.9. The average molecular weight is 431 g/mol. The van der Waals surface area contributed by atoms with Gasteiger partial charge in [0.2, 0.25) is 0 Å². The van der Waals surface area contributed by atoms with Crippen molar-refractivity contribution >= 4 is 29.9 Å². The van der Waals surface area contributed by atoms with Gasteiger partial charge in [-0.25, -0.2) is 0 Å². The minimum absolute atomic E-state index is 0. The van der Waals surface area contributed by atoms with Crippen molar-refractivity contribution < 1.29 is 4.74 Å². The lowest BCUT2D eigenvalue weighted by atomic mass is 9.88. The Balaban J connectivity index is 0.00000264. The highest BCUT2D eigenvalue weighted by Gasteiger charge is 2.18. The molecule has 1 saturated heterocycles. The van der Waals surface area contributed by atoms with Crippen molar-refractivity contribution in [2.24, 2.45) is 10.9 Å². The summed E-state index contributed by atoms with van der Waals surface area (Å²) in [5.74, 6) is 1.91. The zero-order valence-electron chi connectivity index (χ0n) is 14.4. The molecule has 0 amide bonds. The van der Waals surface area contributed by atoms with Crippen molar-refractivity contribution in [2.75, 3.05) is 26.7 Å². The van der Waals surface area contributed by atoms with Crippen LogP contribution in [0.1, 0.15) is 38.2 Å². The SMILES string of the molecule is CN=C(NCC1CCCO1)NCC(c1ccccc1)C(C)C.I. The zero-order chi connectivity index (χ0) is 15.8. The first-order valence-corrected chi connectivity index (χ1v) is 8.31. The molecule has 2 atom stereocenters. The Morgan fingerprint density at radius 1 is 1.26 bits per heavy atom. The Morgan fingerprint density at radius 3 is 2.57 bits per heavy atom. The molecule has 2 unspecified atom stereocenters. The molecule has 2 rings (SSSR count). The average Bonchev–Trinajstić information content (AvgIpc) is 3.04. The Morgan fingerprint density at radius 2 is 2.00 bits per heavy atom. The molecular formula is C18H30IN3O. The molecule has 1 aromatic carbocycles. The van der Waals surface area contributed by atoms with Crippen LogP contribution in [0.4, 0.5) is 0 Å². The van der Waals surface area contributed by atoms with Crippen molar-refractivity contribution in [2.45, 2.75) is 38.7 Å². The number of aliphatic imine (C=N–C) groups is 1. The van der Waals surface area contributed by atoms with E-state index in [2.05, 4.69) is 59.8 Å². The summed E-state index contributed by atoms with van der Waals surface area (Å²) >= 11 is 0. The second-order valence-electron chi connectivity index (χ2n) is 6.23. The van der Waals surface area contributed by atoms with Gasteiger partial charge in [-0.05, 0) is 24.3 Å². The van der Waals surface area contributed by atoms with Gasteiger partial charge in [-0.2, -0.15) is 0 Å². The maximum Gasteiger partial charge on any atom is 0.191 e. The van der Waals surface area contributed by atoms with E-state index >= 15 is 0 Å². The van der Waals surface area contributed by atoms with Crippen molar-refractivity contribution in [3.8, 4) is 0 Å². The highest BCUT2D eigenvalue weighted by molar-refractivity contribution is 14.0. The lowest BCUT2D eigenvalue weighted by Crippen LogP contribution is -2.43. The lowest BCUT2D eigenvalue weighted by molar-refractivity contribution is 0.114. The van der Waals surface area contributed by atoms with Crippen LogP contribution in [-0.2, 0) is 4.74 Å². The van der Waals surface area contributed by atoms with Gasteiger partial charge in [0.1, 0.15) is 0 Å². The first-order chi connectivity index (χ1) is 10.7. The summed E-state index contributed by atoms with van der Waals surface area (Å²) in [5.41, 5.74) is 1.37. The van der Waals surface area contributed by atoms with Crippen LogP contribution in [0.5, 0.6) is 0 Å². The Hall–Kier alpha value is -0.820. The van der Waals surface area contributed by atoms with Crippen LogP contribution in [0, 0.1) is 5.92 Å². The summed E-state index contributed by atoms with van der Waals surface area (Å²) < 4.78 is 5.64. The second-order valence-corrected chi connectivity index (χ2v) is 6.23. The maximum atomic E-state index is 5.64. The Labute approximate surface area is 157 Å². The summed E-state index contributed by atoms with van der Waals surface area (Å²) in [6.45, 7) is 7.13. The molecule has 130 valence electrons. The molecule has 0 spiro atoms. The van der Waals surface area contributed by atoms with Crippen LogP contribution < -0.4 is 10.6 Å². The van der Waals surface area contributed by atoms with E-state index in [1.54, 1.807) is 0 Å². The molecule has 0 bridgehead atoms. The molecule has 0 saturated carbocycles. The molecule has 4 nitrogen and oxygen atoms in total. The minimum Gasteiger partial charge on any atom is -0.376 e. The molecular weight excluding hydrogens is 401 g/mol. The molecule has 5 heteroatoms. The van der Waals surface area contributed by atoms with Gasteiger partial charge in [0.05, 0.1) is 6.10 Å². The van der Waals surface area contributed by atoms with E-state index in [1.165, 1.54) is 12.0 Å².